The van der Waals surface area contributed by atoms with Gasteiger partial charge in [-0.3, -0.25) is 9.59 Å². The van der Waals surface area contributed by atoms with Gasteiger partial charge in [-0.15, -0.1) is 0 Å². The molecule has 0 aromatic heterocycles. The molecule has 2 amide bonds. The zero-order valence-electron chi connectivity index (χ0n) is 17.5. The highest BCUT2D eigenvalue weighted by Crippen LogP contribution is 2.30. The van der Waals surface area contributed by atoms with E-state index in [1.165, 1.54) is 0 Å². The third-order valence-corrected chi connectivity index (χ3v) is 5.30. The molecular weight excluding hydrogens is 396 g/mol. The van der Waals surface area contributed by atoms with Gasteiger partial charge in [0.25, 0.3) is 11.8 Å². The lowest BCUT2D eigenvalue weighted by atomic mass is 9.92. The van der Waals surface area contributed by atoms with Crippen LogP contribution in [0.4, 0.5) is 0 Å². The zero-order valence-corrected chi connectivity index (χ0v) is 17.5. The predicted molar refractivity (Wildman–Crippen MR) is 126 cm³/mol. The van der Waals surface area contributed by atoms with E-state index in [0.29, 0.717) is 11.1 Å². The molecule has 4 rings (SSSR count). The number of amides is 2. The number of nitrogens with one attached hydrogen (secondary N) is 2. The Morgan fingerprint density at radius 3 is 1.03 bits per heavy atom. The van der Waals surface area contributed by atoms with Gasteiger partial charge in [0.05, 0.1) is 12.1 Å². The van der Waals surface area contributed by atoms with E-state index in [9.17, 15) is 9.59 Å². The number of rotatable bonds is 7. The number of hydrogen-bond acceptors (Lipinski definition) is 2. The van der Waals surface area contributed by atoms with E-state index in [2.05, 4.69) is 10.6 Å². The molecule has 32 heavy (non-hydrogen) atoms. The van der Waals surface area contributed by atoms with Crippen molar-refractivity contribution in [2.75, 3.05) is 0 Å². The summed E-state index contributed by atoms with van der Waals surface area (Å²) in [7, 11) is 0. The first-order valence-electron chi connectivity index (χ1n) is 10.5. The van der Waals surface area contributed by atoms with Gasteiger partial charge in [-0.05, 0) is 35.4 Å². The van der Waals surface area contributed by atoms with Crippen molar-refractivity contribution in [3.63, 3.8) is 0 Å². The van der Waals surface area contributed by atoms with Gasteiger partial charge in [-0.25, -0.2) is 0 Å². The highest BCUT2D eigenvalue weighted by atomic mass is 16.2. The molecular formula is C28H24N2O2. The molecule has 2 atom stereocenters. The molecule has 2 unspecified atom stereocenters. The number of carbonyl (C=O) groups excluding carboxylic acids is 2. The molecule has 0 spiro atoms. The summed E-state index contributed by atoms with van der Waals surface area (Å²) in [5.41, 5.74) is 2.93. The first-order chi connectivity index (χ1) is 15.7. The molecule has 0 saturated heterocycles. The Morgan fingerprint density at radius 2 is 0.719 bits per heavy atom. The van der Waals surface area contributed by atoms with Crippen molar-refractivity contribution in [2.24, 2.45) is 0 Å². The van der Waals surface area contributed by atoms with E-state index in [4.69, 9.17) is 0 Å². The summed E-state index contributed by atoms with van der Waals surface area (Å²) in [6.07, 6.45) is 0. The Hall–Kier alpha value is -4.18. The molecule has 158 valence electrons. The van der Waals surface area contributed by atoms with Gasteiger partial charge in [0, 0.05) is 11.1 Å². The second kappa shape index (κ2) is 10.2. The Labute approximate surface area is 187 Å². The standard InChI is InChI=1S/C28H24N2O2/c31-27(23-17-9-3-10-18-23)29-25(21-13-5-1-6-14-21)26(22-15-7-2-8-16-22)30-28(32)24-19-11-4-12-20-24/h1-20,25-26H,(H,29,31)(H,30,32). The third-order valence-electron chi connectivity index (χ3n) is 5.30. The third kappa shape index (κ3) is 5.10. The van der Waals surface area contributed by atoms with Crippen molar-refractivity contribution < 1.29 is 9.59 Å². The van der Waals surface area contributed by atoms with Gasteiger partial charge >= 0.3 is 0 Å². The van der Waals surface area contributed by atoms with E-state index < -0.39 is 12.1 Å². The van der Waals surface area contributed by atoms with Crippen LogP contribution in [0.2, 0.25) is 0 Å². The Balaban J connectivity index is 1.72. The molecule has 2 N–H and O–H groups in total. The number of benzene rings is 4. The smallest absolute Gasteiger partial charge is 0.251 e. The van der Waals surface area contributed by atoms with E-state index in [1.54, 1.807) is 24.3 Å². The fourth-order valence-electron chi connectivity index (χ4n) is 3.67. The van der Waals surface area contributed by atoms with Crippen LogP contribution in [0.1, 0.15) is 43.9 Å². The minimum absolute atomic E-state index is 0.200. The quantitative estimate of drug-likeness (QED) is 0.425. The molecule has 0 aliphatic heterocycles. The summed E-state index contributed by atoms with van der Waals surface area (Å²) in [5.74, 6) is -0.399. The fourth-order valence-corrected chi connectivity index (χ4v) is 3.67. The van der Waals surface area contributed by atoms with Gasteiger partial charge in [0.15, 0.2) is 0 Å². The van der Waals surface area contributed by atoms with Crippen LogP contribution in [0.5, 0.6) is 0 Å². The maximum Gasteiger partial charge on any atom is 0.251 e. The summed E-state index contributed by atoms with van der Waals surface area (Å²) < 4.78 is 0. The van der Waals surface area contributed by atoms with Crippen LogP contribution in [-0.2, 0) is 0 Å². The zero-order chi connectivity index (χ0) is 22.2. The van der Waals surface area contributed by atoms with Crippen molar-refractivity contribution in [1.29, 1.82) is 0 Å². The van der Waals surface area contributed by atoms with Gasteiger partial charge in [0.1, 0.15) is 0 Å². The maximum atomic E-state index is 13.1. The van der Waals surface area contributed by atoms with Gasteiger partial charge < -0.3 is 10.6 Å². The first kappa shape index (κ1) is 21.1. The molecule has 4 aromatic carbocycles. The van der Waals surface area contributed by atoms with Crippen LogP contribution in [0.15, 0.2) is 121 Å². The van der Waals surface area contributed by atoms with Crippen LogP contribution >= 0.6 is 0 Å². The van der Waals surface area contributed by atoms with Crippen LogP contribution in [0, 0.1) is 0 Å². The fraction of sp³-hybridized carbons (Fsp3) is 0.0714. The van der Waals surface area contributed by atoms with Crippen LogP contribution in [-0.4, -0.2) is 11.8 Å². The Bertz CT molecular complexity index is 1050. The van der Waals surface area contributed by atoms with Crippen molar-refractivity contribution in [2.45, 2.75) is 12.1 Å². The largest absolute Gasteiger partial charge is 0.343 e. The first-order valence-corrected chi connectivity index (χ1v) is 10.5. The van der Waals surface area contributed by atoms with Gasteiger partial charge in [-0.1, -0.05) is 97.1 Å². The Kier molecular flexibility index (Phi) is 6.73. The number of carbonyl (C=O) groups is 2. The lowest BCUT2D eigenvalue weighted by Gasteiger charge is -2.30. The summed E-state index contributed by atoms with van der Waals surface area (Å²) in [4.78, 5) is 26.2. The average Bonchev–Trinajstić information content (AvgIpc) is 2.88. The summed E-state index contributed by atoms with van der Waals surface area (Å²) >= 11 is 0. The van der Waals surface area contributed by atoms with Gasteiger partial charge in [0.2, 0.25) is 0 Å². The monoisotopic (exact) mass is 420 g/mol. The van der Waals surface area contributed by atoms with Gasteiger partial charge in [-0.2, -0.15) is 0 Å². The highest BCUT2D eigenvalue weighted by Gasteiger charge is 2.28. The van der Waals surface area contributed by atoms with E-state index in [1.807, 2.05) is 97.1 Å². The topological polar surface area (TPSA) is 58.2 Å². The lowest BCUT2D eigenvalue weighted by molar-refractivity contribution is 0.0881. The molecule has 4 aromatic rings. The Morgan fingerprint density at radius 1 is 0.438 bits per heavy atom. The van der Waals surface area contributed by atoms with Crippen LogP contribution < -0.4 is 10.6 Å². The molecule has 0 aliphatic carbocycles. The molecule has 0 fully saturated rings. The number of hydrogen-bond donors (Lipinski definition) is 2. The van der Waals surface area contributed by atoms with Crippen molar-refractivity contribution in [1.82, 2.24) is 10.6 Å². The molecule has 4 nitrogen and oxygen atoms in total. The van der Waals surface area contributed by atoms with Crippen LogP contribution in [0.3, 0.4) is 0 Å². The van der Waals surface area contributed by atoms with Crippen LogP contribution in [0.25, 0.3) is 0 Å². The van der Waals surface area contributed by atoms with E-state index in [-0.39, 0.29) is 11.8 Å². The molecule has 0 aliphatic rings. The van der Waals surface area contributed by atoms with Crippen molar-refractivity contribution >= 4 is 11.8 Å². The summed E-state index contributed by atoms with van der Waals surface area (Å²) in [5, 5.41) is 6.30. The maximum absolute atomic E-state index is 13.1. The highest BCUT2D eigenvalue weighted by molar-refractivity contribution is 5.95. The summed E-state index contributed by atoms with van der Waals surface area (Å²) in [6.45, 7) is 0. The predicted octanol–water partition coefficient (Wildman–Crippen LogP) is 5.33. The molecule has 4 heteroatoms. The lowest BCUT2D eigenvalue weighted by Crippen LogP contribution is -2.40. The SMILES string of the molecule is O=C(NC(c1ccccc1)C(NC(=O)c1ccccc1)c1ccccc1)c1ccccc1. The second-order valence-electron chi connectivity index (χ2n) is 7.46. The van der Waals surface area contributed by atoms with Crippen molar-refractivity contribution in [3.8, 4) is 0 Å². The second-order valence-corrected chi connectivity index (χ2v) is 7.46. The molecule has 0 bridgehead atoms. The van der Waals surface area contributed by atoms with Crippen molar-refractivity contribution in [3.05, 3.63) is 144 Å². The summed E-state index contributed by atoms with van der Waals surface area (Å²) in [6, 6.07) is 36.6. The molecule has 0 heterocycles. The molecule has 0 saturated carbocycles. The normalized spacial score (nSPS) is 12.4. The average molecular weight is 421 g/mol. The minimum Gasteiger partial charge on any atom is -0.343 e. The molecule has 0 radical (unpaired) electrons. The van der Waals surface area contributed by atoms with E-state index in [0.717, 1.165) is 11.1 Å². The minimum atomic E-state index is -0.473. The van der Waals surface area contributed by atoms with E-state index >= 15 is 0 Å².